The normalized spacial score (nSPS) is 10.2. The number of halogens is 3. The Labute approximate surface area is 136 Å². The average molecular weight is 339 g/mol. The molecular weight excluding hydrogens is 326 g/mol. The molecule has 120 valence electrons. The zero-order chi connectivity index (χ0) is 16.8. The molecule has 0 saturated heterocycles. The van der Waals surface area contributed by atoms with Crippen molar-refractivity contribution in [3.63, 3.8) is 0 Å². The molecule has 4 nitrogen and oxygen atoms in total. The Morgan fingerprint density at radius 1 is 1.00 bits per heavy atom. The highest BCUT2D eigenvalue weighted by Gasteiger charge is 2.11. The fraction of sp³-hybridized carbons (Fsp3) is 0.125. The van der Waals surface area contributed by atoms with Gasteiger partial charge in [0, 0.05) is 23.3 Å². The molecule has 0 fully saturated rings. The van der Waals surface area contributed by atoms with Gasteiger partial charge in [0.05, 0.1) is 0 Å². The minimum atomic E-state index is -1.08. The van der Waals surface area contributed by atoms with Crippen molar-refractivity contribution in [2.75, 3.05) is 5.32 Å². The van der Waals surface area contributed by atoms with Crippen molar-refractivity contribution < 1.29 is 18.4 Å². The predicted octanol–water partition coefficient (Wildman–Crippen LogP) is 3.26. The summed E-state index contributed by atoms with van der Waals surface area (Å²) in [4.78, 5) is 23.4. The number of carbonyl (C=O) groups is 2. The van der Waals surface area contributed by atoms with Crippen molar-refractivity contribution in [2.24, 2.45) is 0 Å². The third-order valence-electron chi connectivity index (χ3n) is 2.96. The van der Waals surface area contributed by atoms with Crippen LogP contribution in [0, 0.1) is 11.6 Å². The van der Waals surface area contributed by atoms with E-state index >= 15 is 0 Å². The molecule has 0 spiro atoms. The quantitative estimate of drug-likeness (QED) is 0.822. The Kier molecular flexibility index (Phi) is 5.65. The predicted molar refractivity (Wildman–Crippen MR) is 82.9 cm³/mol. The molecule has 2 N–H and O–H groups in total. The second-order valence-corrected chi connectivity index (χ2v) is 5.13. The molecule has 0 aliphatic rings. The number of hydrogen-bond donors (Lipinski definition) is 2. The Morgan fingerprint density at radius 3 is 2.43 bits per heavy atom. The van der Waals surface area contributed by atoms with Gasteiger partial charge in [-0.3, -0.25) is 9.59 Å². The standard InChI is InChI=1S/C16H13ClF2N2O2/c17-12-4-2-1-3-10(12)9-20-15(22)8-16(23)21-11-5-6-13(18)14(19)7-11/h1-7H,8-9H2,(H,20,22)(H,21,23). The van der Waals surface area contributed by atoms with Crippen LogP contribution in [0.25, 0.3) is 0 Å². The smallest absolute Gasteiger partial charge is 0.233 e. The molecule has 0 heterocycles. The van der Waals surface area contributed by atoms with Gasteiger partial charge in [-0.25, -0.2) is 8.78 Å². The van der Waals surface area contributed by atoms with E-state index in [1.54, 1.807) is 24.3 Å². The number of carbonyl (C=O) groups excluding carboxylic acids is 2. The lowest BCUT2D eigenvalue weighted by Gasteiger charge is -2.08. The largest absolute Gasteiger partial charge is 0.352 e. The molecule has 0 aromatic heterocycles. The van der Waals surface area contributed by atoms with Crippen LogP contribution in [-0.2, 0) is 16.1 Å². The number of rotatable bonds is 5. The summed E-state index contributed by atoms with van der Waals surface area (Å²) in [5.74, 6) is -3.23. The van der Waals surface area contributed by atoms with E-state index in [2.05, 4.69) is 10.6 Å². The molecule has 7 heteroatoms. The van der Waals surface area contributed by atoms with E-state index in [4.69, 9.17) is 11.6 Å². The van der Waals surface area contributed by atoms with E-state index in [9.17, 15) is 18.4 Å². The highest BCUT2D eigenvalue weighted by atomic mass is 35.5. The number of hydrogen-bond acceptors (Lipinski definition) is 2. The molecule has 2 rings (SSSR count). The second kappa shape index (κ2) is 7.69. The van der Waals surface area contributed by atoms with Gasteiger partial charge in [-0.1, -0.05) is 29.8 Å². The van der Waals surface area contributed by atoms with Crippen LogP contribution >= 0.6 is 11.6 Å². The molecule has 2 aromatic rings. The number of anilines is 1. The summed E-state index contributed by atoms with van der Waals surface area (Å²) in [5.41, 5.74) is 0.802. The van der Waals surface area contributed by atoms with Crippen molar-refractivity contribution >= 4 is 29.1 Å². The molecule has 0 unspecified atom stereocenters. The monoisotopic (exact) mass is 338 g/mol. The number of amides is 2. The third kappa shape index (κ3) is 5.03. The first-order chi connectivity index (χ1) is 11.0. The van der Waals surface area contributed by atoms with Crippen LogP contribution < -0.4 is 10.6 Å². The van der Waals surface area contributed by atoms with E-state index in [-0.39, 0.29) is 12.2 Å². The summed E-state index contributed by atoms with van der Waals surface area (Å²) in [6, 6.07) is 9.93. The van der Waals surface area contributed by atoms with Crippen LogP contribution in [-0.4, -0.2) is 11.8 Å². The van der Waals surface area contributed by atoms with Crippen molar-refractivity contribution in [1.29, 1.82) is 0 Å². The van der Waals surface area contributed by atoms with Gasteiger partial charge in [-0.2, -0.15) is 0 Å². The highest BCUT2D eigenvalue weighted by Crippen LogP contribution is 2.15. The topological polar surface area (TPSA) is 58.2 Å². The lowest BCUT2D eigenvalue weighted by Crippen LogP contribution is -2.27. The Balaban J connectivity index is 1.84. The summed E-state index contributed by atoms with van der Waals surface area (Å²) in [6.45, 7) is 0.191. The minimum Gasteiger partial charge on any atom is -0.352 e. The van der Waals surface area contributed by atoms with Crippen molar-refractivity contribution in [3.05, 3.63) is 64.7 Å². The molecule has 0 saturated carbocycles. The fourth-order valence-electron chi connectivity index (χ4n) is 1.82. The number of benzene rings is 2. The maximum atomic E-state index is 13.0. The van der Waals surface area contributed by atoms with Gasteiger partial charge < -0.3 is 10.6 Å². The Bertz CT molecular complexity index is 738. The van der Waals surface area contributed by atoms with Gasteiger partial charge in [-0.05, 0) is 23.8 Å². The molecule has 2 amide bonds. The van der Waals surface area contributed by atoms with Crippen LogP contribution in [0.3, 0.4) is 0 Å². The van der Waals surface area contributed by atoms with Crippen LogP contribution in [0.15, 0.2) is 42.5 Å². The molecule has 23 heavy (non-hydrogen) atoms. The SMILES string of the molecule is O=C(CC(=O)Nc1ccc(F)c(F)c1)NCc1ccccc1Cl. The minimum absolute atomic E-state index is 0.0767. The van der Waals surface area contributed by atoms with Gasteiger partial charge in [0.15, 0.2) is 11.6 Å². The van der Waals surface area contributed by atoms with Crippen molar-refractivity contribution in [3.8, 4) is 0 Å². The van der Waals surface area contributed by atoms with Crippen LogP contribution in [0.1, 0.15) is 12.0 Å². The van der Waals surface area contributed by atoms with Crippen LogP contribution in [0.4, 0.5) is 14.5 Å². The maximum absolute atomic E-state index is 13.0. The molecule has 0 aliphatic carbocycles. The first-order valence-corrected chi connectivity index (χ1v) is 7.08. The maximum Gasteiger partial charge on any atom is 0.233 e. The van der Waals surface area contributed by atoms with E-state index < -0.39 is 29.9 Å². The zero-order valence-corrected chi connectivity index (χ0v) is 12.7. The summed E-state index contributed by atoms with van der Waals surface area (Å²) in [6.07, 6.45) is -0.441. The molecule has 0 radical (unpaired) electrons. The molecule has 0 bridgehead atoms. The third-order valence-corrected chi connectivity index (χ3v) is 3.33. The molecular formula is C16H13ClF2N2O2. The zero-order valence-electron chi connectivity index (χ0n) is 11.9. The van der Waals surface area contributed by atoms with Gasteiger partial charge in [-0.15, -0.1) is 0 Å². The van der Waals surface area contributed by atoms with Crippen molar-refractivity contribution in [2.45, 2.75) is 13.0 Å². The van der Waals surface area contributed by atoms with Gasteiger partial charge in [0.25, 0.3) is 0 Å². The first kappa shape index (κ1) is 16.9. The fourth-order valence-corrected chi connectivity index (χ4v) is 2.03. The highest BCUT2D eigenvalue weighted by molar-refractivity contribution is 6.31. The van der Waals surface area contributed by atoms with Gasteiger partial charge >= 0.3 is 0 Å². The Morgan fingerprint density at radius 2 is 1.74 bits per heavy atom. The summed E-state index contributed by atoms with van der Waals surface area (Å²) in [7, 11) is 0. The molecule has 2 aromatic carbocycles. The first-order valence-electron chi connectivity index (χ1n) is 6.70. The van der Waals surface area contributed by atoms with E-state index in [0.717, 1.165) is 17.7 Å². The van der Waals surface area contributed by atoms with Crippen LogP contribution in [0.5, 0.6) is 0 Å². The molecule has 0 aliphatic heterocycles. The number of nitrogens with one attached hydrogen (secondary N) is 2. The lowest BCUT2D eigenvalue weighted by atomic mass is 10.2. The van der Waals surface area contributed by atoms with Crippen molar-refractivity contribution in [1.82, 2.24) is 5.32 Å². The second-order valence-electron chi connectivity index (χ2n) is 4.72. The molecule has 0 atom stereocenters. The summed E-state index contributed by atoms with van der Waals surface area (Å²) < 4.78 is 25.8. The lowest BCUT2D eigenvalue weighted by molar-refractivity contribution is -0.126. The Hall–Kier alpha value is -2.47. The van der Waals surface area contributed by atoms with E-state index in [1.807, 2.05) is 0 Å². The van der Waals surface area contributed by atoms with Crippen LogP contribution in [0.2, 0.25) is 5.02 Å². The summed E-state index contributed by atoms with van der Waals surface area (Å²) in [5, 5.41) is 5.39. The average Bonchev–Trinajstić information content (AvgIpc) is 2.50. The van der Waals surface area contributed by atoms with Gasteiger partial charge in [0.2, 0.25) is 11.8 Å². The van der Waals surface area contributed by atoms with E-state index in [0.29, 0.717) is 5.02 Å². The summed E-state index contributed by atoms with van der Waals surface area (Å²) >= 11 is 5.95. The van der Waals surface area contributed by atoms with Gasteiger partial charge in [0.1, 0.15) is 6.42 Å². The van der Waals surface area contributed by atoms with E-state index in [1.165, 1.54) is 6.07 Å².